The Hall–Kier alpha value is -2.10. The van der Waals surface area contributed by atoms with Crippen molar-refractivity contribution in [2.24, 2.45) is 0 Å². The largest absolute Gasteiger partial charge is 0.481 e. The van der Waals surface area contributed by atoms with Crippen LogP contribution < -0.4 is 0 Å². The zero-order chi connectivity index (χ0) is 13.1. The molecule has 4 heteroatoms. The quantitative estimate of drug-likeness (QED) is 0.899. The first kappa shape index (κ1) is 12.4. The summed E-state index contributed by atoms with van der Waals surface area (Å²) in [6.45, 7) is 3.93. The number of carboxylic acids is 1. The summed E-state index contributed by atoms with van der Waals surface area (Å²) in [6.07, 6.45) is 2.72. The third kappa shape index (κ3) is 2.77. The molecule has 1 aromatic carbocycles. The molecule has 4 nitrogen and oxygen atoms in total. The van der Waals surface area contributed by atoms with Gasteiger partial charge >= 0.3 is 5.97 Å². The second-order valence-corrected chi connectivity index (χ2v) is 4.36. The molecule has 0 bridgehead atoms. The average molecular weight is 244 g/mol. The number of benzene rings is 1. The van der Waals surface area contributed by atoms with Crippen LogP contribution >= 0.6 is 0 Å². The number of aryl methyl sites for hydroxylation is 3. The van der Waals surface area contributed by atoms with E-state index >= 15 is 0 Å². The molecule has 0 unspecified atom stereocenters. The molecule has 0 aliphatic carbocycles. The molecule has 0 amide bonds. The smallest absolute Gasteiger partial charge is 0.303 e. The van der Waals surface area contributed by atoms with E-state index in [0.29, 0.717) is 6.42 Å². The third-order valence-corrected chi connectivity index (χ3v) is 2.84. The van der Waals surface area contributed by atoms with Gasteiger partial charge in [0.1, 0.15) is 5.82 Å². The summed E-state index contributed by atoms with van der Waals surface area (Å²) in [5, 5.41) is 8.63. The Bertz CT molecular complexity index is 556. The molecule has 18 heavy (non-hydrogen) atoms. The highest BCUT2D eigenvalue weighted by molar-refractivity contribution is 5.67. The average Bonchev–Trinajstić information content (AvgIpc) is 2.66. The van der Waals surface area contributed by atoms with Crippen LogP contribution in [-0.2, 0) is 11.2 Å². The number of nitrogens with zero attached hydrogens (tertiary/aromatic N) is 2. The Morgan fingerprint density at radius 1 is 1.28 bits per heavy atom. The van der Waals surface area contributed by atoms with Crippen LogP contribution in [0.1, 0.15) is 23.5 Å². The molecule has 1 aromatic heterocycles. The van der Waals surface area contributed by atoms with Gasteiger partial charge < -0.3 is 9.67 Å². The summed E-state index contributed by atoms with van der Waals surface area (Å²) in [7, 11) is 0. The molecule has 2 rings (SSSR count). The van der Waals surface area contributed by atoms with E-state index < -0.39 is 5.97 Å². The molecule has 0 atom stereocenters. The van der Waals surface area contributed by atoms with Crippen LogP contribution in [0.5, 0.6) is 0 Å². The van der Waals surface area contributed by atoms with Gasteiger partial charge in [0.2, 0.25) is 0 Å². The molecule has 1 N–H and O–H groups in total. The lowest BCUT2D eigenvalue weighted by Crippen LogP contribution is -1.99. The zero-order valence-electron chi connectivity index (χ0n) is 10.6. The number of aliphatic carboxylic acids is 1. The molecule has 0 fully saturated rings. The number of carboxylic acid groups (broad SMARTS) is 1. The molecule has 94 valence electrons. The highest BCUT2D eigenvalue weighted by atomic mass is 16.4. The van der Waals surface area contributed by atoms with Crippen molar-refractivity contribution >= 4 is 5.97 Å². The standard InChI is InChI=1S/C14H16N2O2/c1-10-9-16(11(2)15-10)13-6-3-12(4-7-13)5-8-14(17)18/h3-4,6-7,9H,5,8H2,1-2H3,(H,17,18). The van der Waals surface area contributed by atoms with E-state index in [1.165, 1.54) is 0 Å². The van der Waals surface area contributed by atoms with Crippen molar-refractivity contribution in [3.63, 3.8) is 0 Å². The minimum atomic E-state index is -0.764. The molecule has 0 saturated carbocycles. The zero-order valence-corrected chi connectivity index (χ0v) is 10.6. The summed E-state index contributed by atoms with van der Waals surface area (Å²) < 4.78 is 2.02. The van der Waals surface area contributed by atoms with E-state index in [1.807, 2.05) is 48.9 Å². The Balaban J connectivity index is 2.17. The van der Waals surface area contributed by atoms with E-state index in [9.17, 15) is 4.79 Å². The van der Waals surface area contributed by atoms with Crippen molar-refractivity contribution in [1.29, 1.82) is 0 Å². The van der Waals surface area contributed by atoms with Crippen LogP contribution in [0, 0.1) is 13.8 Å². The highest BCUT2D eigenvalue weighted by Crippen LogP contribution is 2.14. The van der Waals surface area contributed by atoms with Crippen molar-refractivity contribution in [2.75, 3.05) is 0 Å². The SMILES string of the molecule is Cc1cn(-c2ccc(CCC(=O)O)cc2)c(C)n1. The number of imidazole rings is 1. The molecular weight excluding hydrogens is 228 g/mol. The number of carbonyl (C=O) groups is 1. The Labute approximate surface area is 106 Å². The van der Waals surface area contributed by atoms with Crippen LogP contribution in [-0.4, -0.2) is 20.6 Å². The van der Waals surface area contributed by atoms with Crippen molar-refractivity contribution in [2.45, 2.75) is 26.7 Å². The highest BCUT2D eigenvalue weighted by Gasteiger charge is 2.04. The van der Waals surface area contributed by atoms with Gasteiger partial charge in [-0.2, -0.15) is 0 Å². The fraction of sp³-hybridized carbons (Fsp3) is 0.286. The first-order valence-electron chi connectivity index (χ1n) is 5.90. The fourth-order valence-electron chi connectivity index (χ4n) is 1.95. The van der Waals surface area contributed by atoms with Crippen molar-refractivity contribution < 1.29 is 9.90 Å². The van der Waals surface area contributed by atoms with Crippen LogP contribution in [0.4, 0.5) is 0 Å². The first-order chi connectivity index (χ1) is 8.56. The second-order valence-electron chi connectivity index (χ2n) is 4.36. The fourth-order valence-corrected chi connectivity index (χ4v) is 1.95. The second kappa shape index (κ2) is 5.04. The minimum Gasteiger partial charge on any atom is -0.481 e. The number of hydrogen-bond donors (Lipinski definition) is 1. The monoisotopic (exact) mass is 244 g/mol. The molecule has 0 spiro atoms. The Kier molecular flexibility index (Phi) is 3.46. The van der Waals surface area contributed by atoms with Crippen LogP contribution in [0.15, 0.2) is 30.5 Å². The maximum absolute atomic E-state index is 10.5. The van der Waals surface area contributed by atoms with E-state index in [2.05, 4.69) is 4.98 Å². The van der Waals surface area contributed by atoms with Gasteiger partial charge in [-0.05, 0) is 38.0 Å². The van der Waals surface area contributed by atoms with Crippen LogP contribution in [0.3, 0.4) is 0 Å². The third-order valence-electron chi connectivity index (χ3n) is 2.84. The van der Waals surface area contributed by atoms with Gasteiger partial charge in [-0.3, -0.25) is 4.79 Å². The van der Waals surface area contributed by atoms with E-state index in [1.54, 1.807) is 0 Å². The number of rotatable bonds is 4. The van der Waals surface area contributed by atoms with Gasteiger partial charge in [0.15, 0.2) is 0 Å². The van der Waals surface area contributed by atoms with Crippen molar-refractivity contribution in [3.8, 4) is 5.69 Å². The summed E-state index contributed by atoms with van der Waals surface area (Å²) in [5.41, 5.74) is 3.07. The lowest BCUT2D eigenvalue weighted by molar-refractivity contribution is -0.136. The van der Waals surface area contributed by atoms with Gasteiger partial charge in [-0.25, -0.2) is 4.98 Å². The summed E-state index contributed by atoms with van der Waals surface area (Å²) >= 11 is 0. The number of hydrogen-bond acceptors (Lipinski definition) is 2. The Morgan fingerprint density at radius 2 is 1.94 bits per heavy atom. The minimum absolute atomic E-state index is 0.169. The molecule has 0 aliphatic heterocycles. The van der Waals surface area contributed by atoms with Gasteiger partial charge in [0.25, 0.3) is 0 Å². The predicted octanol–water partition coefficient (Wildman–Crippen LogP) is 2.51. The molecule has 1 heterocycles. The summed E-state index contributed by atoms with van der Waals surface area (Å²) in [5.74, 6) is 0.186. The van der Waals surface area contributed by atoms with Crippen LogP contribution in [0.25, 0.3) is 5.69 Å². The first-order valence-corrected chi connectivity index (χ1v) is 5.90. The molecular formula is C14H16N2O2. The molecule has 0 saturated heterocycles. The summed E-state index contributed by atoms with van der Waals surface area (Å²) in [4.78, 5) is 14.9. The van der Waals surface area contributed by atoms with Gasteiger partial charge in [0.05, 0.1) is 5.69 Å². The molecule has 2 aromatic rings. The van der Waals surface area contributed by atoms with Crippen molar-refractivity contribution in [1.82, 2.24) is 9.55 Å². The molecule has 0 aliphatic rings. The van der Waals surface area contributed by atoms with Crippen LogP contribution in [0.2, 0.25) is 0 Å². The van der Waals surface area contributed by atoms with Gasteiger partial charge in [-0.15, -0.1) is 0 Å². The normalized spacial score (nSPS) is 10.6. The maximum atomic E-state index is 10.5. The predicted molar refractivity (Wildman–Crippen MR) is 69.0 cm³/mol. The lowest BCUT2D eigenvalue weighted by Gasteiger charge is -2.06. The van der Waals surface area contributed by atoms with E-state index in [-0.39, 0.29) is 6.42 Å². The summed E-state index contributed by atoms with van der Waals surface area (Å²) in [6, 6.07) is 7.91. The van der Waals surface area contributed by atoms with E-state index in [4.69, 9.17) is 5.11 Å². The lowest BCUT2D eigenvalue weighted by atomic mass is 10.1. The maximum Gasteiger partial charge on any atom is 0.303 e. The molecule has 0 radical (unpaired) electrons. The number of aromatic nitrogens is 2. The van der Waals surface area contributed by atoms with E-state index in [0.717, 1.165) is 22.8 Å². The van der Waals surface area contributed by atoms with Gasteiger partial charge in [-0.1, -0.05) is 12.1 Å². The van der Waals surface area contributed by atoms with Crippen molar-refractivity contribution in [3.05, 3.63) is 47.5 Å². The van der Waals surface area contributed by atoms with Gasteiger partial charge in [0, 0.05) is 18.3 Å². The Morgan fingerprint density at radius 3 is 2.44 bits per heavy atom. The topological polar surface area (TPSA) is 55.1 Å².